The van der Waals surface area contributed by atoms with E-state index in [1.165, 1.54) is 14.2 Å². The van der Waals surface area contributed by atoms with Crippen LogP contribution in [0.25, 0.3) is 0 Å². The normalized spacial score (nSPS) is 10.0. The minimum atomic E-state index is -0.407. The number of carbonyl (C=O) groups is 1. The molecule has 5 nitrogen and oxygen atoms in total. The molecule has 0 aliphatic rings. The first-order valence-corrected chi connectivity index (χ1v) is 8.26. The van der Waals surface area contributed by atoms with Crippen molar-refractivity contribution in [3.05, 3.63) is 52.0 Å². The van der Waals surface area contributed by atoms with Crippen LogP contribution < -0.4 is 20.1 Å². The number of nitrogens with one attached hydrogen (secondary N) is 2. The second-order valence-corrected chi connectivity index (χ2v) is 6.17. The molecule has 0 saturated carbocycles. The number of rotatable bonds is 4. The lowest BCUT2D eigenvalue weighted by atomic mass is 10.1. The van der Waals surface area contributed by atoms with Crippen molar-refractivity contribution in [2.75, 3.05) is 19.5 Å². The predicted octanol–water partition coefficient (Wildman–Crippen LogP) is 3.90. The number of aryl methyl sites for hydroxylation is 1. The van der Waals surface area contributed by atoms with Crippen molar-refractivity contribution in [2.24, 2.45) is 0 Å². The van der Waals surface area contributed by atoms with E-state index in [9.17, 15) is 4.79 Å². The largest absolute Gasteiger partial charge is 0.496 e. The average molecular weight is 409 g/mol. The van der Waals surface area contributed by atoms with Crippen molar-refractivity contribution < 1.29 is 14.3 Å². The Morgan fingerprint density at radius 2 is 1.75 bits per heavy atom. The summed E-state index contributed by atoms with van der Waals surface area (Å²) in [6, 6.07) is 10.8. The first-order chi connectivity index (χ1) is 11.5. The third kappa shape index (κ3) is 4.24. The zero-order valence-electron chi connectivity index (χ0n) is 13.5. The molecule has 2 rings (SSSR count). The highest BCUT2D eigenvalue weighted by atomic mass is 79.9. The molecule has 24 heavy (non-hydrogen) atoms. The number of ether oxygens (including phenoxy) is 2. The van der Waals surface area contributed by atoms with E-state index >= 15 is 0 Å². The Hall–Kier alpha value is -2.12. The molecule has 0 atom stereocenters. The molecule has 2 aromatic rings. The van der Waals surface area contributed by atoms with Gasteiger partial charge in [-0.25, -0.2) is 0 Å². The predicted molar refractivity (Wildman–Crippen MR) is 102 cm³/mol. The minimum absolute atomic E-state index is 0.190. The summed E-state index contributed by atoms with van der Waals surface area (Å²) in [5, 5.41) is 5.81. The SMILES string of the molecule is COc1cccc(OC)c1C(=O)NC(=S)Nc1ccc(Br)c(C)c1. The molecule has 0 heterocycles. The van der Waals surface area contributed by atoms with Crippen LogP contribution in [0.5, 0.6) is 11.5 Å². The van der Waals surface area contributed by atoms with E-state index in [0.29, 0.717) is 17.1 Å². The molecule has 0 unspecified atom stereocenters. The molecular weight excluding hydrogens is 392 g/mol. The highest BCUT2D eigenvalue weighted by molar-refractivity contribution is 9.10. The van der Waals surface area contributed by atoms with Crippen LogP contribution in [0.3, 0.4) is 0 Å². The first-order valence-electron chi connectivity index (χ1n) is 7.05. The topological polar surface area (TPSA) is 59.6 Å². The van der Waals surface area contributed by atoms with Gasteiger partial charge < -0.3 is 14.8 Å². The number of hydrogen-bond acceptors (Lipinski definition) is 4. The Morgan fingerprint density at radius 3 is 2.29 bits per heavy atom. The molecule has 1 amide bonds. The van der Waals surface area contributed by atoms with Crippen molar-refractivity contribution in [1.82, 2.24) is 5.32 Å². The smallest absolute Gasteiger partial charge is 0.264 e. The van der Waals surface area contributed by atoms with Crippen molar-refractivity contribution in [3.63, 3.8) is 0 Å². The van der Waals surface area contributed by atoms with Gasteiger partial charge in [0.1, 0.15) is 17.1 Å². The lowest BCUT2D eigenvalue weighted by Gasteiger charge is -2.14. The molecule has 0 aliphatic heterocycles. The Morgan fingerprint density at radius 1 is 1.12 bits per heavy atom. The number of anilines is 1. The van der Waals surface area contributed by atoms with E-state index in [-0.39, 0.29) is 5.11 Å². The van der Waals surface area contributed by atoms with Crippen LogP contribution in [0.15, 0.2) is 40.9 Å². The van der Waals surface area contributed by atoms with Gasteiger partial charge in [0.05, 0.1) is 14.2 Å². The maximum Gasteiger partial charge on any atom is 0.264 e. The maximum absolute atomic E-state index is 12.5. The third-order valence-corrected chi connectivity index (χ3v) is 4.39. The maximum atomic E-state index is 12.5. The van der Waals surface area contributed by atoms with Gasteiger partial charge in [-0.05, 0) is 55.0 Å². The van der Waals surface area contributed by atoms with Crippen LogP contribution in [-0.4, -0.2) is 25.2 Å². The summed E-state index contributed by atoms with van der Waals surface area (Å²) < 4.78 is 11.5. The lowest BCUT2D eigenvalue weighted by Crippen LogP contribution is -2.34. The molecule has 7 heteroatoms. The average Bonchev–Trinajstić information content (AvgIpc) is 2.57. The van der Waals surface area contributed by atoms with Crippen molar-refractivity contribution in [3.8, 4) is 11.5 Å². The molecule has 0 bridgehead atoms. The Labute approximate surface area is 154 Å². The van der Waals surface area contributed by atoms with Crippen LogP contribution in [-0.2, 0) is 0 Å². The number of carbonyl (C=O) groups excluding carboxylic acids is 1. The molecule has 126 valence electrons. The first kappa shape index (κ1) is 18.2. The van der Waals surface area contributed by atoms with Crippen LogP contribution in [0.2, 0.25) is 0 Å². The van der Waals surface area contributed by atoms with Gasteiger partial charge in [-0.2, -0.15) is 0 Å². The summed E-state index contributed by atoms with van der Waals surface area (Å²) >= 11 is 8.65. The van der Waals surface area contributed by atoms with Crippen LogP contribution in [0.1, 0.15) is 15.9 Å². The fraction of sp³-hybridized carbons (Fsp3) is 0.176. The van der Waals surface area contributed by atoms with Gasteiger partial charge in [0, 0.05) is 10.2 Å². The minimum Gasteiger partial charge on any atom is -0.496 e. The summed E-state index contributed by atoms with van der Waals surface area (Å²) in [4.78, 5) is 12.5. The monoisotopic (exact) mass is 408 g/mol. The van der Waals surface area contributed by atoms with Gasteiger partial charge in [0.2, 0.25) is 0 Å². The highest BCUT2D eigenvalue weighted by Gasteiger charge is 2.19. The number of thiocarbonyl (C=S) groups is 1. The quantitative estimate of drug-likeness (QED) is 0.751. The van der Waals surface area contributed by atoms with E-state index in [4.69, 9.17) is 21.7 Å². The van der Waals surface area contributed by atoms with Crippen molar-refractivity contribution in [2.45, 2.75) is 6.92 Å². The molecule has 0 spiro atoms. The summed E-state index contributed by atoms with van der Waals surface area (Å²) in [7, 11) is 2.99. The number of methoxy groups -OCH3 is 2. The molecule has 0 radical (unpaired) electrons. The van der Waals surface area contributed by atoms with Gasteiger partial charge >= 0.3 is 0 Å². The summed E-state index contributed by atoms with van der Waals surface area (Å²) in [5.74, 6) is 0.416. The van der Waals surface area contributed by atoms with Gasteiger partial charge in [-0.3, -0.25) is 10.1 Å². The van der Waals surface area contributed by atoms with E-state index < -0.39 is 5.91 Å². The van der Waals surface area contributed by atoms with E-state index in [2.05, 4.69) is 26.6 Å². The highest BCUT2D eigenvalue weighted by Crippen LogP contribution is 2.28. The van der Waals surface area contributed by atoms with E-state index in [1.54, 1.807) is 18.2 Å². The molecule has 0 fully saturated rings. The van der Waals surface area contributed by atoms with Crippen molar-refractivity contribution in [1.29, 1.82) is 0 Å². The van der Waals surface area contributed by atoms with Crippen LogP contribution >= 0.6 is 28.1 Å². The van der Waals surface area contributed by atoms with E-state index in [1.807, 2.05) is 25.1 Å². The number of hydrogen-bond donors (Lipinski definition) is 2. The fourth-order valence-corrected chi connectivity index (χ4v) is 2.58. The number of halogens is 1. The Balaban J connectivity index is 2.14. The van der Waals surface area contributed by atoms with Gasteiger partial charge in [-0.1, -0.05) is 22.0 Å². The Bertz CT molecular complexity index is 758. The zero-order chi connectivity index (χ0) is 17.7. The van der Waals surface area contributed by atoms with Crippen LogP contribution in [0, 0.1) is 6.92 Å². The fourth-order valence-electron chi connectivity index (χ4n) is 2.13. The second-order valence-electron chi connectivity index (χ2n) is 4.91. The summed E-state index contributed by atoms with van der Waals surface area (Å²) in [6.07, 6.45) is 0. The zero-order valence-corrected chi connectivity index (χ0v) is 15.9. The number of benzene rings is 2. The molecule has 2 N–H and O–H groups in total. The second kappa shape index (κ2) is 8.12. The number of amides is 1. The third-order valence-electron chi connectivity index (χ3n) is 3.30. The van der Waals surface area contributed by atoms with E-state index in [0.717, 1.165) is 15.7 Å². The molecule has 0 aliphatic carbocycles. The molecular formula is C17H17BrN2O3S. The Kier molecular flexibility index (Phi) is 6.16. The molecule has 2 aromatic carbocycles. The van der Waals surface area contributed by atoms with Gasteiger partial charge in [-0.15, -0.1) is 0 Å². The molecule has 0 saturated heterocycles. The standard InChI is InChI=1S/C17H17BrN2O3S/c1-10-9-11(7-8-12(10)18)19-17(24)20-16(21)15-13(22-2)5-4-6-14(15)23-3/h4-9H,1-3H3,(H2,19,20,21,24). The summed E-state index contributed by atoms with van der Waals surface area (Å²) in [5.41, 5.74) is 2.13. The van der Waals surface area contributed by atoms with Gasteiger partial charge in [0.15, 0.2) is 5.11 Å². The van der Waals surface area contributed by atoms with Crippen molar-refractivity contribution >= 4 is 44.9 Å². The lowest BCUT2D eigenvalue weighted by molar-refractivity contribution is 0.0971. The van der Waals surface area contributed by atoms with Crippen LogP contribution in [0.4, 0.5) is 5.69 Å². The van der Waals surface area contributed by atoms with Gasteiger partial charge in [0.25, 0.3) is 5.91 Å². The molecule has 0 aromatic heterocycles. The summed E-state index contributed by atoms with van der Waals surface area (Å²) in [6.45, 7) is 1.97.